The molecule has 0 saturated carbocycles. The van der Waals surface area contributed by atoms with Gasteiger partial charge in [-0.1, -0.05) is 40.9 Å². The molecule has 0 unspecified atom stereocenters. The smallest absolute Gasteiger partial charge is 0.338 e. The maximum atomic E-state index is 12.8. The molecule has 144 valence electrons. The van der Waals surface area contributed by atoms with Crippen LogP contribution in [0.3, 0.4) is 0 Å². The van der Waals surface area contributed by atoms with Crippen LogP contribution in [0.25, 0.3) is 0 Å². The van der Waals surface area contributed by atoms with Crippen molar-refractivity contribution in [3.05, 3.63) is 68.8 Å². The minimum absolute atomic E-state index is 0.119. The van der Waals surface area contributed by atoms with Crippen LogP contribution in [0, 0.1) is 0 Å². The predicted molar refractivity (Wildman–Crippen MR) is 108 cm³/mol. The van der Waals surface area contributed by atoms with Gasteiger partial charge in [-0.3, -0.25) is 9.59 Å². The second kappa shape index (κ2) is 8.22. The minimum Gasteiger partial charge on any atom is -0.462 e. The normalized spacial score (nSPS) is 13.9. The predicted octanol–water partition coefficient (Wildman–Crippen LogP) is 4.61. The SMILES string of the molecule is CCOC(=O)c1cccc(N2C(=O)C(Cl)=C(Nc3cc(Cl)cc(Cl)c3)C2=O)c1. The van der Waals surface area contributed by atoms with E-state index in [4.69, 9.17) is 39.5 Å². The molecule has 1 aliphatic rings. The molecule has 28 heavy (non-hydrogen) atoms. The van der Waals surface area contributed by atoms with Crippen molar-refractivity contribution in [1.82, 2.24) is 0 Å². The first kappa shape index (κ1) is 20.2. The summed E-state index contributed by atoms with van der Waals surface area (Å²) in [6, 6.07) is 10.6. The summed E-state index contributed by atoms with van der Waals surface area (Å²) < 4.78 is 4.94. The van der Waals surface area contributed by atoms with E-state index in [1.54, 1.807) is 6.92 Å². The third kappa shape index (κ3) is 3.99. The Morgan fingerprint density at radius 2 is 1.71 bits per heavy atom. The summed E-state index contributed by atoms with van der Waals surface area (Å²) in [4.78, 5) is 38.2. The monoisotopic (exact) mass is 438 g/mol. The highest BCUT2D eigenvalue weighted by molar-refractivity contribution is 6.53. The van der Waals surface area contributed by atoms with Gasteiger partial charge in [0.2, 0.25) is 0 Å². The van der Waals surface area contributed by atoms with Crippen molar-refractivity contribution in [3.8, 4) is 0 Å². The number of carbonyl (C=O) groups excluding carboxylic acids is 3. The van der Waals surface area contributed by atoms with Crippen molar-refractivity contribution in [2.45, 2.75) is 6.92 Å². The number of benzene rings is 2. The molecule has 2 aromatic rings. The Bertz CT molecular complexity index is 1000. The van der Waals surface area contributed by atoms with E-state index in [2.05, 4.69) is 5.32 Å². The Balaban J connectivity index is 1.91. The number of halogens is 3. The third-order valence-corrected chi connectivity index (χ3v) is 4.56. The highest BCUT2D eigenvalue weighted by Gasteiger charge is 2.39. The van der Waals surface area contributed by atoms with E-state index >= 15 is 0 Å². The minimum atomic E-state index is -0.719. The van der Waals surface area contributed by atoms with Crippen molar-refractivity contribution in [2.75, 3.05) is 16.8 Å². The van der Waals surface area contributed by atoms with Crippen LogP contribution in [0.1, 0.15) is 17.3 Å². The molecule has 1 aliphatic heterocycles. The molecule has 2 aromatic carbocycles. The summed E-state index contributed by atoms with van der Waals surface area (Å²) in [6.07, 6.45) is 0. The molecule has 0 spiro atoms. The second-order valence-corrected chi connectivity index (χ2v) is 6.94. The van der Waals surface area contributed by atoms with Crippen LogP contribution in [-0.2, 0) is 14.3 Å². The molecule has 0 radical (unpaired) electrons. The summed E-state index contributed by atoms with van der Waals surface area (Å²) >= 11 is 18.0. The summed E-state index contributed by atoms with van der Waals surface area (Å²) in [5.74, 6) is -1.95. The molecular formula is C19H13Cl3N2O4. The molecule has 1 N–H and O–H groups in total. The topological polar surface area (TPSA) is 75.7 Å². The number of amides is 2. The second-order valence-electron chi connectivity index (χ2n) is 5.69. The van der Waals surface area contributed by atoms with Crippen molar-refractivity contribution in [3.63, 3.8) is 0 Å². The van der Waals surface area contributed by atoms with E-state index in [1.165, 1.54) is 42.5 Å². The molecule has 0 atom stereocenters. The van der Waals surface area contributed by atoms with Crippen LogP contribution in [0.2, 0.25) is 10.0 Å². The molecule has 9 heteroatoms. The van der Waals surface area contributed by atoms with Gasteiger partial charge in [-0.25, -0.2) is 9.69 Å². The van der Waals surface area contributed by atoms with E-state index in [-0.39, 0.29) is 28.6 Å². The van der Waals surface area contributed by atoms with E-state index in [0.717, 1.165) is 4.90 Å². The van der Waals surface area contributed by atoms with Crippen LogP contribution in [-0.4, -0.2) is 24.4 Å². The third-order valence-electron chi connectivity index (χ3n) is 3.77. The fourth-order valence-corrected chi connectivity index (χ4v) is 3.34. The first-order valence-electron chi connectivity index (χ1n) is 8.10. The number of hydrogen-bond donors (Lipinski definition) is 1. The molecule has 3 rings (SSSR count). The Morgan fingerprint density at radius 1 is 1.04 bits per heavy atom. The summed E-state index contributed by atoms with van der Waals surface area (Å²) in [7, 11) is 0. The molecule has 0 aromatic heterocycles. The molecule has 0 aliphatic carbocycles. The Hall–Kier alpha value is -2.54. The van der Waals surface area contributed by atoms with Crippen molar-refractivity contribution >= 4 is 64.0 Å². The number of esters is 1. The number of nitrogens with one attached hydrogen (secondary N) is 1. The standard InChI is InChI=1S/C19H13Cl3N2O4/c1-2-28-19(27)10-4-3-5-14(6-10)24-17(25)15(22)16(18(24)26)23-13-8-11(20)7-12(21)9-13/h3-9,23H,2H2,1H3. The van der Waals surface area contributed by atoms with Gasteiger partial charge >= 0.3 is 5.97 Å². The zero-order valence-electron chi connectivity index (χ0n) is 14.5. The van der Waals surface area contributed by atoms with Gasteiger partial charge in [0.25, 0.3) is 11.8 Å². The lowest BCUT2D eigenvalue weighted by Crippen LogP contribution is -2.32. The largest absolute Gasteiger partial charge is 0.462 e. The molecule has 0 saturated heterocycles. The maximum Gasteiger partial charge on any atom is 0.338 e. The first-order valence-corrected chi connectivity index (χ1v) is 9.24. The van der Waals surface area contributed by atoms with Gasteiger partial charge < -0.3 is 10.1 Å². The number of rotatable bonds is 5. The van der Waals surface area contributed by atoms with E-state index in [0.29, 0.717) is 15.7 Å². The van der Waals surface area contributed by atoms with Gasteiger partial charge in [-0.05, 0) is 43.3 Å². The Morgan fingerprint density at radius 3 is 2.36 bits per heavy atom. The van der Waals surface area contributed by atoms with E-state index in [9.17, 15) is 14.4 Å². The molecule has 1 heterocycles. The van der Waals surface area contributed by atoms with Crippen LogP contribution in [0.15, 0.2) is 53.2 Å². The lowest BCUT2D eigenvalue weighted by Gasteiger charge is -2.16. The molecule has 0 bridgehead atoms. The molecular weight excluding hydrogens is 427 g/mol. The quantitative estimate of drug-likeness (QED) is 0.544. The van der Waals surface area contributed by atoms with Crippen molar-refractivity contribution < 1.29 is 19.1 Å². The number of imide groups is 1. The van der Waals surface area contributed by atoms with Gasteiger partial charge in [0.15, 0.2) is 0 Å². The van der Waals surface area contributed by atoms with Crippen LogP contribution in [0.4, 0.5) is 11.4 Å². The molecule has 6 nitrogen and oxygen atoms in total. The summed E-state index contributed by atoms with van der Waals surface area (Å²) in [6.45, 7) is 1.88. The fourth-order valence-electron chi connectivity index (χ4n) is 2.60. The van der Waals surface area contributed by atoms with Gasteiger partial charge in [0.1, 0.15) is 10.7 Å². The summed E-state index contributed by atoms with van der Waals surface area (Å²) in [5, 5.41) is 3.19. The molecule has 2 amide bonds. The highest BCUT2D eigenvalue weighted by Crippen LogP contribution is 2.32. The number of ether oxygens (including phenoxy) is 1. The maximum absolute atomic E-state index is 12.8. The van der Waals surface area contributed by atoms with Crippen LogP contribution >= 0.6 is 34.8 Å². The average molecular weight is 440 g/mol. The first-order chi connectivity index (χ1) is 13.3. The van der Waals surface area contributed by atoms with Gasteiger partial charge in [-0.15, -0.1) is 0 Å². The van der Waals surface area contributed by atoms with E-state index in [1.807, 2.05) is 0 Å². The Kier molecular flexibility index (Phi) is 5.93. The Labute approximate surface area is 175 Å². The average Bonchev–Trinajstić information content (AvgIpc) is 2.85. The van der Waals surface area contributed by atoms with Gasteiger partial charge in [-0.2, -0.15) is 0 Å². The lowest BCUT2D eigenvalue weighted by atomic mass is 10.2. The van der Waals surface area contributed by atoms with Crippen molar-refractivity contribution in [2.24, 2.45) is 0 Å². The number of hydrogen-bond acceptors (Lipinski definition) is 5. The van der Waals surface area contributed by atoms with Crippen LogP contribution in [0.5, 0.6) is 0 Å². The van der Waals surface area contributed by atoms with E-state index < -0.39 is 17.8 Å². The van der Waals surface area contributed by atoms with Crippen LogP contribution < -0.4 is 10.2 Å². The number of nitrogens with zero attached hydrogens (tertiary/aromatic N) is 1. The lowest BCUT2D eigenvalue weighted by molar-refractivity contribution is -0.120. The fraction of sp³-hybridized carbons (Fsp3) is 0.105. The number of anilines is 2. The summed E-state index contributed by atoms with van der Waals surface area (Å²) in [5.41, 5.74) is 0.680. The zero-order valence-corrected chi connectivity index (χ0v) is 16.7. The highest BCUT2D eigenvalue weighted by atomic mass is 35.5. The number of carbonyl (C=O) groups is 3. The van der Waals surface area contributed by atoms with Crippen molar-refractivity contribution in [1.29, 1.82) is 0 Å². The zero-order chi connectivity index (χ0) is 20.4. The van der Waals surface area contributed by atoms with Gasteiger partial charge in [0.05, 0.1) is 17.9 Å². The molecule has 0 fully saturated rings. The van der Waals surface area contributed by atoms with Gasteiger partial charge in [0, 0.05) is 15.7 Å².